The summed E-state index contributed by atoms with van der Waals surface area (Å²) in [6.45, 7) is 2.10. The first-order valence-electron chi connectivity index (χ1n) is 9.88. The smallest absolute Gasteiger partial charge is 0.174 e. The summed E-state index contributed by atoms with van der Waals surface area (Å²) in [5, 5.41) is 4.21. The van der Waals surface area contributed by atoms with Crippen LogP contribution in [0.4, 0.5) is 5.69 Å². The lowest BCUT2D eigenvalue weighted by Gasteiger charge is -2.29. The van der Waals surface area contributed by atoms with Crippen molar-refractivity contribution < 1.29 is 0 Å². The number of anilines is 1. The van der Waals surface area contributed by atoms with Gasteiger partial charge in [0.05, 0.1) is 11.7 Å². The molecule has 5 rings (SSSR count). The molecule has 0 spiro atoms. The molecule has 0 aliphatic carbocycles. The van der Waals surface area contributed by atoms with Gasteiger partial charge in [-0.2, -0.15) is 0 Å². The molecule has 0 amide bonds. The Balaban J connectivity index is 1.68. The number of aryl methyl sites for hydroxylation is 1. The summed E-state index contributed by atoms with van der Waals surface area (Å²) in [6, 6.07) is 24.4. The van der Waals surface area contributed by atoms with E-state index in [4.69, 9.17) is 12.2 Å². The number of rotatable bonds is 4. The van der Waals surface area contributed by atoms with Crippen LogP contribution >= 0.6 is 12.2 Å². The highest BCUT2D eigenvalue weighted by Crippen LogP contribution is 2.42. The predicted molar refractivity (Wildman–Crippen MR) is 123 cm³/mol. The summed E-state index contributed by atoms with van der Waals surface area (Å²) in [5.74, 6) is 0.874. The molecule has 1 saturated heterocycles. The van der Waals surface area contributed by atoms with Gasteiger partial charge in [0.15, 0.2) is 5.11 Å². The fourth-order valence-electron chi connectivity index (χ4n) is 4.05. The molecule has 1 aliphatic heterocycles. The molecule has 1 N–H and O–H groups in total. The summed E-state index contributed by atoms with van der Waals surface area (Å²) in [4.78, 5) is 11.4. The van der Waals surface area contributed by atoms with Gasteiger partial charge in [0.2, 0.25) is 0 Å². The van der Waals surface area contributed by atoms with Crippen molar-refractivity contribution in [1.29, 1.82) is 0 Å². The molecule has 5 nitrogen and oxygen atoms in total. The third-order valence-electron chi connectivity index (χ3n) is 5.36. The molecule has 0 bridgehead atoms. The van der Waals surface area contributed by atoms with E-state index < -0.39 is 0 Å². The molecule has 1 fully saturated rings. The van der Waals surface area contributed by atoms with Crippen molar-refractivity contribution >= 4 is 23.0 Å². The SMILES string of the molecule is Cc1cccc(N2C(=S)NC(c3ccccn3)C2c2cccn2-c2ccccn2)c1. The van der Waals surface area contributed by atoms with Gasteiger partial charge in [0.25, 0.3) is 0 Å². The fourth-order valence-corrected chi connectivity index (χ4v) is 4.40. The number of pyridine rings is 2. The van der Waals surface area contributed by atoms with Crippen LogP contribution in [0.15, 0.2) is 91.4 Å². The van der Waals surface area contributed by atoms with Crippen molar-refractivity contribution in [2.24, 2.45) is 0 Å². The van der Waals surface area contributed by atoms with E-state index in [-0.39, 0.29) is 12.1 Å². The molecule has 30 heavy (non-hydrogen) atoms. The molecule has 2 unspecified atom stereocenters. The maximum Gasteiger partial charge on any atom is 0.174 e. The normalized spacial score (nSPS) is 18.4. The molecule has 3 aromatic heterocycles. The zero-order valence-electron chi connectivity index (χ0n) is 16.5. The summed E-state index contributed by atoms with van der Waals surface area (Å²) < 4.78 is 2.12. The van der Waals surface area contributed by atoms with Crippen LogP contribution in [-0.2, 0) is 0 Å². The molecule has 2 atom stereocenters. The van der Waals surface area contributed by atoms with Gasteiger partial charge < -0.3 is 14.8 Å². The molecule has 4 aromatic rings. The van der Waals surface area contributed by atoms with Crippen LogP contribution in [0.1, 0.15) is 29.0 Å². The molecular formula is C24H21N5S. The molecular weight excluding hydrogens is 390 g/mol. The summed E-state index contributed by atoms with van der Waals surface area (Å²) >= 11 is 5.82. The van der Waals surface area contributed by atoms with Gasteiger partial charge in [-0.3, -0.25) is 4.98 Å². The molecule has 1 aliphatic rings. The first-order valence-corrected chi connectivity index (χ1v) is 10.3. The number of nitrogens with zero attached hydrogens (tertiary/aromatic N) is 4. The third kappa shape index (κ3) is 3.25. The second-order valence-corrected chi connectivity index (χ2v) is 7.71. The van der Waals surface area contributed by atoms with Gasteiger partial charge in [-0.1, -0.05) is 24.3 Å². The summed E-state index contributed by atoms with van der Waals surface area (Å²) in [5.41, 5.74) is 4.30. The standard InChI is InChI=1S/C24H21N5S/c1-17-8-6-9-18(16-17)29-23(22(27-24(29)30)19-10-2-4-13-25-19)20-11-7-15-28(20)21-12-3-5-14-26-21/h2-16,22-23H,1H3,(H,27,30). The van der Waals surface area contributed by atoms with Crippen molar-refractivity contribution in [2.45, 2.75) is 19.0 Å². The van der Waals surface area contributed by atoms with Gasteiger partial charge in [-0.25, -0.2) is 4.98 Å². The Bertz CT molecular complexity index is 1170. The van der Waals surface area contributed by atoms with Crippen LogP contribution in [-0.4, -0.2) is 19.6 Å². The average molecular weight is 412 g/mol. The first-order chi connectivity index (χ1) is 14.7. The Morgan fingerprint density at radius 1 is 0.900 bits per heavy atom. The van der Waals surface area contributed by atoms with Crippen LogP contribution in [0.25, 0.3) is 5.82 Å². The van der Waals surface area contributed by atoms with E-state index in [9.17, 15) is 0 Å². The van der Waals surface area contributed by atoms with Crippen LogP contribution in [0, 0.1) is 6.92 Å². The largest absolute Gasteiger partial charge is 0.351 e. The zero-order valence-corrected chi connectivity index (χ0v) is 17.3. The third-order valence-corrected chi connectivity index (χ3v) is 5.67. The quantitative estimate of drug-likeness (QED) is 0.491. The maximum atomic E-state index is 5.82. The maximum absolute atomic E-state index is 5.82. The number of aromatic nitrogens is 3. The number of benzene rings is 1. The number of nitrogens with one attached hydrogen (secondary N) is 1. The highest BCUT2D eigenvalue weighted by Gasteiger charge is 2.42. The molecule has 1 aromatic carbocycles. The Hall–Kier alpha value is -3.51. The van der Waals surface area contributed by atoms with Crippen LogP contribution in [0.3, 0.4) is 0 Å². The van der Waals surface area contributed by atoms with Crippen LogP contribution < -0.4 is 10.2 Å². The summed E-state index contributed by atoms with van der Waals surface area (Å²) in [6.07, 6.45) is 5.68. The van der Waals surface area contributed by atoms with Gasteiger partial charge in [-0.05, 0) is 73.2 Å². The van der Waals surface area contributed by atoms with Gasteiger partial charge in [-0.15, -0.1) is 0 Å². The minimum atomic E-state index is -0.0865. The van der Waals surface area contributed by atoms with E-state index in [0.717, 1.165) is 22.9 Å². The minimum Gasteiger partial charge on any atom is -0.351 e. The summed E-state index contributed by atoms with van der Waals surface area (Å²) in [7, 11) is 0. The van der Waals surface area contributed by atoms with Crippen molar-refractivity contribution in [3.8, 4) is 5.82 Å². The Kier molecular flexibility index (Phi) is 4.77. The highest BCUT2D eigenvalue weighted by molar-refractivity contribution is 7.80. The Labute approximate surface area is 181 Å². The lowest BCUT2D eigenvalue weighted by molar-refractivity contribution is 0.548. The topological polar surface area (TPSA) is 46.0 Å². The lowest BCUT2D eigenvalue weighted by Crippen LogP contribution is -2.30. The fraction of sp³-hybridized carbons (Fsp3) is 0.125. The average Bonchev–Trinajstić information content (AvgIpc) is 3.39. The van der Waals surface area contributed by atoms with Crippen LogP contribution in [0.2, 0.25) is 0 Å². The second kappa shape index (κ2) is 7.72. The van der Waals surface area contributed by atoms with E-state index in [1.807, 2.05) is 55.0 Å². The zero-order chi connectivity index (χ0) is 20.5. The molecule has 0 radical (unpaired) electrons. The second-order valence-electron chi connectivity index (χ2n) is 7.33. The first kappa shape index (κ1) is 18.5. The van der Waals surface area contributed by atoms with E-state index in [0.29, 0.717) is 5.11 Å². The number of hydrogen-bond donors (Lipinski definition) is 1. The Morgan fingerprint density at radius 3 is 2.47 bits per heavy atom. The Morgan fingerprint density at radius 2 is 1.73 bits per heavy atom. The van der Waals surface area contributed by atoms with Gasteiger partial charge >= 0.3 is 0 Å². The van der Waals surface area contributed by atoms with E-state index in [1.54, 1.807) is 0 Å². The van der Waals surface area contributed by atoms with Crippen LogP contribution in [0.5, 0.6) is 0 Å². The van der Waals surface area contributed by atoms with Crippen molar-refractivity contribution in [3.63, 3.8) is 0 Å². The van der Waals surface area contributed by atoms with Gasteiger partial charge in [0.1, 0.15) is 11.9 Å². The van der Waals surface area contributed by atoms with E-state index >= 15 is 0 Å². The minimum absolute atomic E-state index is 0.0776. The number of thiocarbonyl (C=S) groups is 1. The molecule has 148 valence electrons. The molecule has 0 saturated carbocycles. The number of hydrogen-bond acceptors (Lipinski definition) is 3. The van der Waals surface area contributed by atoms with Crippen molar-refractivity contribution in [2.75, 3.05) is 4.90 Å². The highest BCUT2D eigenvalue weighted by atomic mass is 32.1. The monoisotopic (exact) mass is 411 g/mol. The van der Waals surface area contributed by atoms with E-state index in [1.165, 1.54) is 5.56 Å². The van der Waals surface area contributed by atoms with E-state index in [2.05, 4.69) is 68.1 Å². The predicted octanol–water partition coefficient (Wildman–Crippen LogP) is 4.75. The van der Waals surface area contributed by atoms with Crippen molar-refractivity contribution in [1.82, 2.24) is 19.9 Å². The van der Waals surface area contributed by atoms with Gasteiger partial charge in [0, 0.05) is 30.0 Å². The van der Waals surface area contributed by atoms with Crippen molar-refractivity contribution in [3.05, 3.63) is 108 Å². The molecule has 6 heteroatoms. The lowest BCUT2D eigenvalue weighted by atomic mass is 10.0. The molecule has 4 heterocycles.